The van der Waals surface area contributed by atoms with Crippen molar-refractivity contribution in [2.24, 2.45) is 0 Å². The first-order valence-corrected chi connectivity index (χ1v) is 8.51. The van der Waals surface area contributed by atoms with E-state index in [2.05, 4.69) is 20.4 Å². The minimum Gasteiger partial charge on any atom is -0.449 e. The molecule has 0 aliphatic carbocycles. The SMILES string of the molecule is CCOC(=O)n1c(CSc2nncn2-c2ccccc2)n[nH]c1=S. The largest absolute Gasteiger partial charge is 0.449 e. The standard InChI is InChI=1S/C14H14N6O2S2/c1-2-22-14(21)20-11(16-17-12(20)23)8-24-13-18-15-9-19(13)10-6-4-3-5-7-10/h3-7,9H,2,8H2,1H3,(H,17,23). The van der Waals surface area contributed by atoms with Crippen LogP contribution in [0.1, 0.15) is 12.7 Å². The summed E-state index contributed by atoms with van der Waals surface area (Å²) < 4.78 is 8.30. The summed E-state index contributed by atoms with van der Waals surface area (Å²) in [6.07, 6.45) is 1.09. The van der Waals surface area contributed by atoms with Crippen molar-refractivity contribution >= 4 is 30.1 Å². The molecule has 0 atom stereocenters. The van der Waals surface area contributed by atoms with Crippen LogP contribution >= 0.6 is 24.0 Å². The second-order valence-corrected chi connectivity index (χ2v) is 5.92. The molecule has 0 aliphatic heterocycles. The van der Waals surface area contributed by atoms with E-state index in [1.807, 2.05) is 34.9 Å². The van der Waals surface area contributed by atoms with E-state index in [9.17, 15) is 4.79 Å². The molecule has 3 rings (SSSR count). The predicted molar refractivity (Wildman–Crippen MR) is 90.8 cm³/mol. The third kappa shape index (κ3) is 3.39. The Morgan fingerprint density at radius 3 is 2.92 bits per heavy atom. The van der Waals surface area contributed by atoms with Crippen LogP contribution in [0, 0.1) is 4.77 Å². The number of para-hydroxylation sites is 1. The molecule has 0 amide bonds. The Morgan fingerprint density at radius 2 is 2.17 bits per heavy atom. The fraction of sp³-hybridized carbons (Fsp3) is 0.214. The van der Waals surface area contributed by atoms with Crippen LogP contribution in [0.5, 0.6) is 0 Å². The summed E-state index contributed by atoms with van der Waals surface area (Å²) in [5, 5.41) is 15.4. The molecule has 2 aromatic heterocycles. The highest BCUT2D eigenvalue weighted by atomic mass is 32.2. The molecule has 0 fully saturated rings. The van der Waals surface area contributed by atoms with E-state index in [4.69, 9.17) is 17.0 Å². The Hall–Kier alpha value is -2.46. The molecular formula is C14H14N6O2S2. The van der Waals surface area contributed by atoms with Gasteiger partial charge in [0, 0.05) is 5.69 Å². The van der Waals surface area contributed by atoms with Crippen LogP contribution in [-0.4, -0.2) is 42.2 Å². The van der Waals surface area contributed by atoms with E-state index < -0.39 is 6.09 Å². The van der Waals surface area contributed by atoms with Gasteiger partial charge in [0.2, 0.25) is 4.77 Å². The van der Waals surface area contributed by atoms with Gasteiger partial charge in [-0.1, -0.05) is 30.0 Å². The number of carbonyl (C=O) groups is 1. The Bertz CT molecular complexity index is 886. The average molecular weight is 362 g/mol. The van der Waals surface area contributed by atoms with Crippen LogP contribution in [0.2, 0.25) is 0 Å². The van der Waals surface area contributed by atoms with Gasteiger partial charge in [0.15, 0.2) is 11.0 Å². The summed E-state index contributed by atoms with van der Waals surface area (Å²) in [5.74, 6) is 0.850. The monoisotopic (exact) mass is 362 g/mol. The molecule has 24 heavy (non-hydrogen) atoms. The zero-order chi connectivity index (χ0) is 16.9. The second kappa shape index (κ2) is 7.41. The summed E-state index contributed by atoms with van der Waals surface area (Å²) in [4.78, 5) is 12.0. The number of aromatic nitrogens is 6. The summed E-state index contributed by atoms with van der Waals surface area (Å²) in [6, 6.07) is 9.74. The topological polar surface area (TPSA) is 90.6 Å². The van der Waals surface area contributed by atoms with E-state index in [0.717, 1.165) is 5.69 Å². The third-order valence-electron chi connectivity index (χ3n) is 3.07. The van der Waals surface area contributed by atoms with Crippen LogP contribution < -0.4 is 0 Å². The molecule has 0 unspecified atom stereocenters. The van der Waals surface area contributed by atoms with E-state index in [0.29, 0.717) is 16.7 Å². The molecular weight excluding hydrogens is 348 g/mol. The maximum Gasteiger partial charge on any atom is 0.421 e. The normalized spacial score (nSPS) is 10.7. The van der Waals surface area contributed by atoms with Gasteiger partial charge in [0.05, 0.1) is 12.4 Å². The van der Waals surface area contributed by atoms with Gasteiger partial charge in [-0.3, -0.25) is 9.67 Å². The number of nitrogens with one attached hydrogen (secondary N) is 1. The van der Waals surface area contributed by atoms with Crippen molar-refractivity contribution in [3.63, 3.8) is 0 Å². The van der Waals surface area contributed by atoms with Crippen LogP contribution in [0.4, 0.5) is 4.79 Å². The fourth-order valence-electron chi connectivity index (χ4n) is 2.02. The number of nitrogens with zero attached hydrogens (tertiary/aromatic N) is 5. The Kier molecular flexibility index (Phi) is 5.06. The third-order valence-corrected chi connectivity index (χ3v) is 4.29. The smallest absolute Gasteiger partial charge is 0.421 e. The molecule has 0 aliphatic rings. The first-order valence-electron chi connectivity index (χ1n) is 7.12. The molecule has 1 aromatic carbocycles. The lowest BCUT2D eigenvalue weighted by Gasteiger charge is -2.07. The van der Waals surface area contributed by atoms with E-state index in [1.54, 1.807) is 13.3 Å². The van der Waals surface area contributed by atoms with Crippen LogP contribution in [0.15, 0.2) is 41.8 Å². The number of thioether (sulfide) groups is 1. The van der Waals surface area contributed by atoms with Crippen molar-refractivity contribution in [2.45, 2.75) is 17.8 Å². The molecule has 0 radical (unpaired) electrons. The van der Waals surface area contributed by atoms with E-state index in [1.165, 1.54) is 16.3 Å². The van der Waals surface area contributed by atoms with Crippen LogP contribution in [0.3, 0.4) is 0 Å². The molecule has 0 spiro atoms. The Balaban J connectivity index is 1.80. The lowest BCUT2D eigenvalue weighted by molar-refractivity contribution is 0.153. The van der Waals surface area contributed by atoms with Gasteiger partial charge >= 0.3 is 6.09 Å². The maximum atomic E-state index is 12.0. The number of benzene rings is 1. The number of H-pyrrole nitrogens is 1. The van der Waals surface area contributed by atoms with Gasteiger partial charge in [0.1, 0.15) is 6.33 Å². The van der Waals surface area contributed by atoms with Crippen molar-refractivity contribution in [3.05, 3.63) is 47.3 Å². The quantitative estimate of drug-likeness (QED) is 0.551. The lowest BCUT2D eigenvalue weighted by atomic mass is 10.3. The van der Waals surface area contributed by atoms with Gasteiger partial charge in [0.25, 0.3) is 0 Å². The molecule has 0 saturated heterocycles. The Morgan fingerprint density at radius 1 is 1.38 bits per heavy atom. The van der Waals surface area contributed by atoms with Gasteiger partial charge in [-0.25, -0.2) is 9.36 Å². The molecule has 0 saturated carbocycles. The minimum absolute atomic E-state index is 0.202. The van der Waals surface area contributed by atoms with Gasteiger partial charge in [-0.15, -0.1) is 10.2 Å². The number of hydrogen-bond acceptors (Lipinski definition) is 7. The molecule has 124 valence electrons. The summed E-state index contributed by atoms with van der Waals surface area (Å²) in [5.41, 5.74) is 0.953. The number of rotatable bonds is 5. The second-order valence-electron chi connectivity index (χ2n) is 4.59. The average Bonchev–Trinajstić information content (AvgIpc) is 3.20. The first kappa shape index (κ1) is 16.4. The van der Waals surface area contributed by atoms with Crippen LogP contribution in [0.25, 0.3) is 5.69 Å². The zero-order valence-corrected chi connectivity index (χ0v) is 14.4. The molecule has 2 heterocycles. The lowest BCUT2D eigenvalue weighted by Crippen LogP contribution is -2.16. The highest BCUT2D eigenvalue weighted by Crippen LogP contribution is 2.22. The molecule has 8 nitrogen and oxygen atoms in total. The number of carbonyl (C=O) groups excluding carboxylic acids is 1. The Labute approximate surface area is 146 Å². The minimum atomic E-state index is -0.545. The highest BCUT2D eigenvalue weighted by molar-refractivity contribution is 7.98. The van der Waals surface area contributed by atoms with Gasteiger partial charge < -0.3 is 4.74 Å². The number of hydrogen-bond donors (Lipinski definition) is 1. The zero-order valence-electron chi connectivity index (χ0n) is 12.7. The van der Waals surface area contributed by atoms with Gasteiger partial charge in [-0.2, -0.15) is 5.10 Å². The predicted octanol–water partition coefficient (Wildman–Crippen LogP) is 2.82. The summed E-state index contributed by atoms with van der Waals surface area (Å²) in [7, 11) is 0. The fourth-order valence-corrected chi connectivity index (χ4v) is 3.09. The van der Waals surface area contributed by atoms with E-state index in [-0.39, 0.29) is 11.4 Å². The number of ether oxygens (including phenoxy) is 1. The molecule has 3 aromatic rings. The first-order chi connectivity index (χ1) is 11.7. The van der Waals surface area contributed by atoms with Crippen molar-refractivity contribution < 1.29 is 9.53 Å². The molecule has 0 bridgehead atoms. The molecule has 10 heteroatoms. The van der Waals surface area contributed by atoms with Crippen molar-refractivity contribution in [1.29, 1.82) is 0 Å². The van der Waals surface area contributed by atoms with Gasteiger partial charge in [-0.05, 0) is 31.3 Å². The molecule has 1 N–H and O–H groups in total. The highest BCUT2D eigenvalue weighted by Gasteiger charge is 2.16. The van der Waals surface area contributed by atoms with Crippen LogP contribution in [-0.2, 0) is 10.5 Å². The van der Waals surface area contributed by atoms with Crippen molar-refractivity contribution in [2.75, 3.05) is 6.61 Å². The maximum absolute atomic E-state index is 12.0. The number of aromatic amines is 1. The summed E-state index contributed by atoms with van der Waals surface area (Å²) in [6.45, 7) is 2.00. The van der Waals surface area contributed by atoms with E-state index >= 15 is 0 Å². The van der Waals surface area contributed by atoms with Crippen molar-refractivity contribution in [3.8, 4) is 5.69 Å². The van der Waals surface area contributed by atoms with Crippen molar-refractivity contribution in [1.82, 2.24) is 29.5 Å². The summed E-state index contributed by atoms with van der Waals surface area (Å²) >= 11 is 6.48.